The number of hydrogen-bond acceptors (Lipinski definition) is 2. The zero-order chi connectivity index (χ0) is 10.0. The minimum Gasteiger partial charge on any atom is -0.382 e. The molecule has 14 heavy (non-hydrogen) atoms. The Morgan fingerprint density at radius 2 is 2.14 bits per heavy atom. The van der Waals surface area contributed by atoms with Gasteiger partial charge in [0.1, 0.15) is 0 Å². The quantitative estimate of drug-likeness (QED) is 0.843. The molecule has 0 unspecified atom stereocenters. The van der Waals surface area contributed by atoms with Gasteiger partial charge < -0.3 is 5.32 Å². The van der Waals surface area contributed by atoms with Crippen LogP contribution in [-0.4, -0.2) is 17.5 Å². The van der Waals surface area contributed by atoms with E-state index in [1.54, 1.807) is 0 Å². The van der Waals surface area contributed by atoms with Gasteiger partial charge in [-0.15, -0.1) is 0 Å². The van der Waals surface area contributed by atoms with E-state index in [2.05, 4.69) is 11.6 Å². The molecule has 0 aromatic heterocycles. The van der Waals surface area contributed by atoms with Crippen LogP contribution in [0.2, 0.25) is 5.02 Å². The molecule has 1 aliphatic rings. The van der Waals surface area contributed by atoms with E-state index in [1.165, 1.54) is 12.8 Å². The summed E-state index contributed by atoms with van der Waals surface area (Å²) in [6.45, 7) is 1.03. The monoisotopic (exact) mass is 227 g/mol. The lowest BCUT2D eigenvalue weighted by Crippen LogP contribution is -2.17. The first-order chi connectivity index (χ1) is 6.76. The van der Waals surface area contributed by atoms with E-state index in [9.17, 15) is 0 Å². The van der Waals surface area contributed by atoms with Gasteiger partial charge in [-0.2, -0.15) is 11.8 Å². The van der Waals surface area contributed by atoms with Crippen LogP contribution in [0.15, 0.2) is 24.3 Å². The minimum absolute atomic E-state index is 0.485. The molecule has 0 aliphatic heterocycles. The predicted molar refractivity (Wildman–Crippen MR) is 65.4 cm³/mol. The molecule has 0 amide bonds. The van der Waals surface area contributed by atoms with Crippen LogP contribution in [0.5, 0.6) is 0 Å². The second-order valence-electron chi connectivity index (χ2n) is 3.72. The largest absolute Gasteiger partial charge is 0.382 e. The van der Waals surface area contributed by atoms with Crippen molar-refractivity contribution in [2.75, 3.05) is 18.1 Å². The summed E-state index contributed by atoms with van der Waals surface area (Å²) < 4.78 is 0.485. The molecule has 0 bridgehead atoms. The smallest absolute Gasteiger partial charge is 0.0637 e. The fourth-order valence-electron chi connectivity index (χ4n) is 1.45. The van der Waals surface area contributed by atoms with Crippen LogP contribution >= 0.6 is 23.4 Å². The number of rotatable bonds is 4. The molecule has 1 N–H and O–H groups in total. The van der Waals surface area contributed by atoms with Gasteiger partial charge in [0.15, 0.2) is 0 Å². The third-order valence-electron chi connectivity index (χ3n) is 2.72. The molecule has 2 rings (SSSR count). The first kappa shape index (κ1) is 10.2. The lowest BCUT2D eigenvalue weighted by Gasteiger charge is -2.14. The molecule has 0 heterocycles. The average Bonchev–Trinajstić information content (AvgIpc) is 2.98. The van der Waals surface area contributed by atoms with Crippen LogP contribution < -0.4 is 5.32 Å². The van der Waals surface area contributed by atoms with Crippen molar-refractivity contribution in [1.82, 2.24) is 0 Å². The number of anilines is 1. The second kappa shape index (κ2) is 4.03. The normalized spacial score (nSPS) is 17.9. The van der Waals surface area contributed by atoms with E-state index in [4.69, 9.17) is 11.6 Å². The Labute approximate surface area is 94.2 Å². The van der Waals surface area contributed by atoms with Gasteiger partial charge in [-0.1, -0.05) is 23.7 Å². The van der Waals surface area contributed by atoms with Gasteiger partial charge in [0.25, 0.3) is 0 Å². The van der Waals surface area contributed by atoms with Crippen molar-refractivity contribution >= 4 is 29.1 Å². The lowest BCUT2D eigenvalue weighted by atomic mass is 10.3. The van der Waals surface area contributed by atoms with Crippen LogP contribution in [0, 0.1) is 0 Å². The Morgan fingerprint density at radius 3 is 2.71 bits per heavy atom. The SMILES string of the molecule is CSC1(CNc2ccccc2Cl)CC1. The molecule has 3 heteroatoms. The third-order valence-corrected chi connectivity index (χ3v) is 4.46. The summed E-state index contributed by atoms with van der Waals surface area (Å²) in [5, 5.41) is 4.22. The Balaban J connectivity index is 1.95. The number of nitrogens with one attached hydrogen (secondary N) is 1. The summed E-state index contributed by atoms with van der Waals surface area (Å²) >= 11 is 8.01. The van der Waals surface area contributed by atoms with Gasteiger partial charge in [0, 0.05) is 11.3 Å². The standard InChI is InChI=1S/C11H14ClNS/c1-14-11(6-7-11)8-13-10-5-3-2-4-9(10)12/h2-5,13H,6-8H2,1H3. The number of thioether (sulfide) groups is 1. The summed E-state index contributed by atoms with van der Waals surface area (Å²) in [6.07, 6.45) is 4.83. The second-order valence-corrected chi connectivity index (χ2v) is 5.40. The zero-order valence-electron chi connectivity index (χ0n) is 8.22. The molecule has 1 aromatic rings. The molecule has 0 saturated heterocycles. The number of hydrogen-bond donors (Lipinski definition) is 1. The molecular weight excluding hydrogens is 214 g/mol. The van der Waals surface area contributed by atoms with Gasteiger partial charge in [0.2, 0.25) is 0 Å². The minimum atomic E-state index is 0.485. The summed E-state index contributed by atoms with van der Waals surface area (Å²) in [5.41, 5.74) is 1.05. The van der Waals surface area contributed by atoms with Crippen LogP contribution in [0.25, 0.3) is 0 Å². The first-order valence-electron chi connectivity index (χ1n) is 4.79. The van der Waals surface area contributed by atoms with Crippen molar-refractivity contribution in [2.45, 2.75) is 17.6 Å². The molecular formula is C11H14ClNS. The first-order valence-corrected chi connectivity index (χ1v) is 6.40. The van der Waals surface area contributed by atoms with Gasteiger partial charge in [0.05, 0.1) is 10.7 Å². The van der Waals surface area contributed by atoms with E-state index in [0.717, 1.165) is 17.3 Å². The highest BCUT2D eigenvalue weighted by atomic mass is 35.5. The zero-order valence-corrected chi connectivity index (χ0v) is 9.79. The van der Waals surface area contributed by atoms with Crippen LogP contribution in [0.4, 0.5) is 5.69 Å². The summed E-state index contributed by atoms with van der Waals surface area (Å²) in [4.78, 5) is 0. The molecule has 0 spiro atoms. The Bertz CT molecular complexity index is 323. The van der Waals surface area contributed by atoms with E-state index < -0.39 is 0 Å². The molecule has 0 atom stereocenters. The molecule has 1 nitrogen and oxygen atoms in total. The van der Waals surface area contributed by atoms with Crippen molar-refractivity contribution in [3.63, 3.8) is 0 Å². The predicted octanol–water partition coefficient (Wildman–Crippen LogP) is 3.65. The van der Waals surface area contributed by atoms with E-state index in [1.807, 2.05) is 36.0 Å². The third kappa shape index (κ3) is 2.18. The van der Waals surface area contributed by atoms with E-state index in [-0.39, 0.29) is 0 Å². The van der Waals surface area contributed by atoms with Crippen molar-refractivity contribution in [2.24, 2.45) is 0 Å². The maximum Gasteiger partial charge on any atom is 0.0637 e. The average molecular weight is 228 g/mol. The van der Waals surface area contributed by atoms with Gasteiger partial charge in [-0.25, -0.2) is 0 Å². The number of benzene rings is 1. The number of halogens is 1. The topological polar surface area (TPSA) is 12.0 Å². The Kier molecular flexibility index (Phi) is 2.93. The molecule has 76 valence electrons. The van der Waals surface area contributed by atoms with Gasteiger partial charge >= 0.3 is 0 Å². The lowest BCUT2D eigenvalue weighted by molar-refractivity contribution is 0.949. The van der Waals surface area contributed by atoms with E-state index >= 15 is 0 Å². The van der Waals surface area contributed by atoms with Crippen LogP contribution in [0.1, 0.15) is 12.8 Å². The maximum atomic E-state index is 6.05. The molecule has 1 aromatic carbocycles. The highest BCUT2D eigenvalue weighted by molar-refractivity contribution is 8.00. The molecule has 1 saturated carbocycles. The molecule has 0 radical (unpaired) electrons. The summed E-state index contributed by atoms with van der Waals surface area (Å²) in [5.74, 6) is 0. The van der Waals surface area contributed by atoms with Crippen LogP contribution in [-0.2, 0) is 0 Å². The molecule has 1 fully saturated rings. The highest BCUT2D eigenvalue weighted by Gasteiger charge is 2.41. The fourth-order valence-corrected chi connectivity index (χ4v) is 2.38. The van der Waals surface area contributed by atoms with Crippen molar-refractivity contribution < 1.29 is 0 Å². The Morgan fingerprint density at radius 1 is 1.43 bits per heavy atom. The number of para-hydroxylation sites is 1. The fraction of sp³-hybridized carbons (Fsp3) is 0.455. The van der Waals surface area contributed by atoms with Crippen molar-refractivity contribution in [3.8, 4) is 0 Å². The van der Waals surface area contributed by atoms with Crippen LogP contribution in [0.3, 0.4) is 0 Å². The van der Waals surface area contributed by atoms with Crippen molar-refractivity contribution in [1.29, 1.82) is 0 Å². The maximum absolute atomic E-state index is 6.05. The summed E-state index contributed by atoms with van der Waals surface area (Å²) in [7, 11) is 0. The Hall–Kier alpha value is -0.340. The van der Waals surface area contributed by atoms with Gasteiger partial charge in [-0.3, -0.25) is 0 Å². The van der Waals surface area contributed by atoms with Gasteiger partial charge in [-0.05, 0) is 31.2 Å². The van der Waals surface area contributed by atoms with Crippen molar-refractivity contribution in [3.05, 3.63) is 29.3 Å². The molecule has 1 aliphatic carbocycles. The highest BCUT2D eigenvalue weighted by Crippen LogP contribution is 2.47. The van der Waals surface area contributed by atoms with E-state index in [0.29, 0.717) is 4.75 Å². The summed E-state index contributed by atoms with van der Waals surface area (Å²) in [6, 6.07) is 7.91.